The van der Waals surface area contributed by atoms with Crippen LogP contribution in [-0.4, -0.2) is 57.3 Å². The van der Waals surface area contributed by atoms with Gasteiger partial charge in [0, 0.05) is 42.6 Å². The van der Waals surface area contributed by atoms with Gasteiger partial charge in [0.05, 0.1) is 11.9 Å². The fourth-order valence-electron chi connectivity index (χ4n) is 2.37. The maximum Gasteiger partial charge on any atom is 0.225 e. The Morgan fingerprint density at radius 3 is 2.78 bits per heavy atom. The highest BCUT2D eigenvalue weighted by molar-refractivity contribution is 9.10. The maximum absolute atomic E-state index is 10.7. The van der Waals surface area contributed by atoms with E-state index >= 15 is 0 Å². The van der Waals surface area contributed by atoms with Gasteiger partial charge in [-0.05, 0) is 12.1 Å². The number of rotatable bonds is 4. The Bertz CT molecular complexity index is 752. The molecule has 0 bridgehead atoms. The van der Waals surface area contributed by atoms with Crippen LogP contribution in [0.4, 0.5) is 5.82 Å². The molecule has 3 rings (SSSR count). The molecule has 2 aromatic heterocycles. The smallest absolute Gasteiger partial charge is 0.225 e. The van der Waals surface area contributed by atoms with Crippen LogP contribution in [-0.2, 0) is 11.3 Å². The molecular formula is C14H16BrN5O2S. The Labute approximate surface area is 145 Å². The molecule has 1 N–H and O–H groups in total. The van der Waals surface area contributed by atoms with Gasteiger partial charge in [-0.3, -0.25) is 9.69 Å². The van der Waals surface area contributed by atoms with Crippen LogP contribution in [0.1, 0.15) is 5.69 Å². The number of halogens is 1. The molecular weight excluding hydrogens is 382 g/mol. The van der Waals surface area contributed by atoms with Crippen LogP contribution in [0.5, 0.6) is 0 Å². The number of hydrogen-bond acceptors (Lipinski definition) is 6. The van der Waals surface area contributed by atoms with Gasteiger partial charge in [0.2, 0.25) is 11.2 Å². The second-order valence-corrected chi connectivity index (χ2v) is 6.98. The van der Waals surface area contributed by atoms with Crippen molar-refractivity contribution in [3.8, 4) is 0 Å². The lowest BCUT2D eigenvalue weighted by Gasteiger charge is -2.32. The van der Waals surface area contributed by atoms with Crippen molar-refractivity contribution in [2.45, 2.75) is 6.54 Å². The van der Waals surface area contributed by atoms with Crippen LogP contribution in [0.15, 0.2) is 33.2 Å². The lowest BCUT2D eigenvalue weighted by Crippen LogP contribution is -2.45. The number of nitrogens with zero attached hydrogens (tertiary/aromatic N) is 5. The van der Waals surface area contributed by atoms with Gasteiger partial charge in [0.15, 0.2) is 5.82 Å². The number of pyridine rings is 1. The lowest BCUT2D eigenvalue weighted by molar-refractivity contribution is -0.119. The maximum atomic E-state index is 10.7. The number of piperazine rings is 1. The van der Waals surface area contributed by atoms with E-state index < -0.39 is 0 Å². The Balaban J connectivity index is 1.76. The van der Waals surface area contributed by atoms with E-state index in [9.17, 15) is 10.0 Å². The molecule has 1 fully saturated rings. The summed E-state index contributed by atoms with van der Waals surface area (Å²) in [6, 6.07) is 3.78. The van der Waals surface area contributed by atoms with Gasteiger partial charge in [0.25, 0.3) is 0 Å². The molecule has 0 radical (unpaired) electrons. The van der Waals surface area contributed by atoms with Crippen LogP contribution in [0.3, 0.4) is 0 Å². The first-order valence-corrected chi connectivity index (χ1v) is 8.79. The highest BCUT2D eigenvalue weighted by Crippen LogP contribution is 2.19. The van der Waals surface area contributed by atoms with Crippen LogP contribution in [0, 0.1) is 0 Å². The van der Waals surface area contributed by atoms with Crippen molar-refractivity contribution < 1.29 is 10.0 Å². The van der Waals surface area contributed by atoms with E-state index in [-0.39, 0.29) is 0 Å². The zero-order valence-corrected chi connectivity index (χ0v) is 14.7. The Kier molecular flexibility index (Phi) is 5.09. The normalized spacial score (nSPS) is 16.7. The summed E-state index contributed by atoms with van der Waals surface area (Å²) in [4.78, 5) is 24.2. The van der Waals surface area contributed by atoms with Crippen molar-refractivity contribution in [1.29, 1.82) is 0 Å². The Hall–Kier alpha value is -1.71. The predicted molar refractivity (Wildman–Crippen MR) is 89.6 cm³/mol. The van der Waals surface area contributed by atoms with Gasteiger partial charge in [0.1, 0.15) is 0 Å². The predicted octanol–water partition coefficient (Wildman–Crippen LogP) is 1.45. The van der Waals surface area contributed by atoms with Crippen LogP contribution in [0.2, 0.25) is 0 Å². The molecule has 1 saturated heterocycles. The van der Waals surface area contributed by atoms with Gasteiger partial charge in [-0.1, -0.05) is 15.9 Å². The average molecular weight is 398 g/mol. The summed E-state index contributed by atoms with van der Waals surface area (Å²) in [5.41, 5.74) is 0.902. The molecule has 0 atom stereocenters. The first-order chi connectivity index (χ1) is 11.1. The van der Waals surface area contributed by atoms with E-state index in [1.807, 2.05) is 12.1 Å². The van der Waals surface area contributed by atoms with E-state index in [0.29, 0.717) is 17.2 Å². The highest BCUT2D eigenvalue weighted by atomic mass is 79.9. The van der Waals surface area contributed by atoms with Crippen molar-refractivity contribution in [3.63, 3.8) is 0 Å². The molecule has 0 saturated carbocycles. The van der Waals surface area contributed by atoms with Crippen molar-refractivity contribution >= 4 is 39.5 Å². The minimum absolute atomic E-state index is 0.473. The summed E-state index contributed by atoms with van der Waals surface area (Å²) < 4.78 is 1.87. The number of hydrogen-bond donors (Lipinski definition) is 1. The fourth-order valence-corrected chi connectivity index (χ4v) is 3.45. The summed E-state index contributed by atoms with van der Waals surface area (Å²) in [7, 11) is 0. The molecule has 1 aliphatic heterocycles. The zero-order valence-electron chi connectivity index (χ0n) is 12.3. The molecule has 0 spiro atoms. The monoisotopic (exact) mass is 397 g/mol. The second kappa shape index (κ2) is 7.24. The number of amides is 1. The Morgan fingerprint density at radius 2 is 2.13 bits per heavy atom. The summed E-state index contributed by atoms with van der Waals surface area (Å²) >= 11 is 4.82. The van der Waals surface area contributed by atoms with Crippen LogP contribution >= 0.6 is 27.3 Å². The summed E-state index contributed by atoms with van der Waals surface area (Å²) in [6.45, 7) is 3.86. The Morgan fingerprint density at radius 1 is 1.35 bits per heavy atom. The first kappa shape index (κ1) is 16.2. The van der Waals surface area contributed by atoms with Gasteiger partial charge in [-0.15, -0.1) is 11.3 Å². The molecule has 0 unspecified atom stereocenters. The van der Waals surface area contributed by atoms with E-state index in [0.717, 1.165) is 47.5 Å². The second-order valence-electron chi connectivity index (χ2n) is 5.19. The van der Waals surface area contributed by atoms with Gasteiger partial charge in [-0.2, -0.15) is 9.72 Å². The van der Waals surface area contributed by atoms with Crippen LogP contribution < -0.4 is 4.80 Å². The first-order valence-electron chi connectivity index (χ1n) is 7.12. The zero-order chi connectivity index (χ0) is 16.2. The summed E-state index contributed by atoms with van der Waals surface area (Å²) in [6.07, 6.45) is 2.44. The molecule has 1 amide bonds. The minimum Gasteiger partial charge on any atom is -0.426 e. The third-order valence-corrected chi connectivity index (χ3v) is 4.76. The van der Waals surface area contributed by atoms with Gasteiger partial charge >= 0.3 is 0 Å². The molecule has 2 aromatic rings. The van der Waals surface area contributed by atoms with E-state index in [2.05, 4.69) is 30.8 Å². The highest BCUT2D eigenvalue weighted by Gasteiger charge is 2.16. The van der Waals surface area contributed by atoms with Crippen molar-refractivity contribution in [3.05, 3.63) is 38.7 Å². The third kappa shape index (κ3) is 4.18. The molecule has 3 heterocycles. The van der Waals surface area contributed by atoms with E-state index in [4.69, 9.17) is 0 Å². The van der Waals surface area contributed by atoms with Crippen molar-refractivity contribution in [2.75, 3.05) is 26.2 Å². The number of carbonyl (C=O) groups is 1. The molecule has 122 valence electrons. The summed E-state index contributed by atoms with van der Waals surface area (Å²) in [5, 5.41) is 11.4. The van der Waals surface area contributed by atoms with Gasteiger partial charge < -0.3 is 10.1 Å². The van der Waals surface area contributed by atoms with E-state index in [1.54, 1.807) is 10.3 Å². The largest absolute Gasteiger partial charge is 0.426 e. The molecule has 7 nitrogen and oxygen atoms in total. The number of thiazole rings is 1. The molecule has 1 aliphatic rings. The molecule has 0 aromatic carbocycles. The summed E-state index contributed by atoms with van der Waals surface area (Å²) in [5.74, 6) is 0.547. The molecule has 23 heavy (non-hydrogen) atoms. The van der Waals surface area contributed by atoms with Gasteiger partial charge in [-0.25, -0.2) is 4.98 Å². The SMILES string of the molecule is O=CN1CCN(Cc2cc(Br)cc(/N=c3\sccn3O)n2)CC1. The fraction of sp³-hybridized carbons (Fsp3) is 0.357. The molecule has 0 aliphatic carbocycles. The standard InChI is InChI=1S/C14H16BrN5O2S/c15-11-7-12(9-18-1-3-19(10-21)4-2-18)16-13(8-11)17-14-20(22)5-6-23-14/h5-8,10,22H,1-4,9H2/b17-14-. The van der Waals surface area contributed by atoms with E-state index in [1.165, 1.54) is 17.5 Å². The van der Waals surface area contributed by atoms with Crippen molar-refractivity contribution in [2.24, 2.45) is 4.99 Å². The average Bonchev–Trinajstić information content (AvgIpc) is 2.92. The van der Waals surface area contributed by atoms with Crippen LogP contribution in [0.25, 0.3) is 0 Å². The number of aromatic nitrogens is 2. The topological polar surface area (TPSA) is 74.0 Å². The molecule has 9 heteroatoms. The van der Waals surface area contributed by atoms with Crippen molar-refractivity contribution in [1.82, 2.24) is 19.5 Å². The number of carbonyl (C=O) groups excluding carboxylic acids is 1. The third-order valence-electron chi connectivity index (χ3n) is 3.55. The lowest BCUT2D eigenvalue weighted by atomic mass is 10.3. The minimum atomic E-state index is 0.473. The quantitative estimate of drug-likeness (QED) is 0.625.